The molecular weight excluding hydrogens is 238 g/mol. The number of nitrogens with zero attached hydrogens (tertiary/aromatic N) is 2. The number of imidazole rings is 1. The molecule has 0 aromatic carbocycles. The Hall–Kier alpha value is -1.75. The van der Waals surface area contributed by atoms with Gasteiger partial charge < -0.3 is 16.0 Å². The molecule has 0 bridgehead atoms. The van der Waals surface area contributed by atoms with Crippen molar-refractivity contribution in [3.63, 3.8) is 0 Å². The summed E-state index contributed by atoms with van der Waals surface area (Å²) in [4.78, 5) is 11.3. The predicted octanol–water partition coefficient (Wildman–Crippen LogP) is 2.08. The van der Waals surface area contributed by atoms with Crippen LogP contribution in [0.15, 0.2) is 24.7 Å². The third kappa shape index (κ3) is 3.35. The van der Waals surface area contributed by atoms with Crippen LogP contribution in [0.4, 0.5) is 11.5 Å². The molecule has 0 spiro atoms. The van der Waals surface area contributed by atoms with Crippen molar-refractivity contribution < 1.29 is 0 Å². The molecule has 5 nitrogen and oxygen atoms in total. The Morgan fingerprint density at radius 1 is 1.41 bits per heavy atom. The van der Waals surface area contributed by atoms with Crippen LogP contribution in [0.25, 0.3) is 0 Å². The van der Waals surface area contributed by atoms with Crippen molar-refractivity contribution in [2.75, 3.05) is 17.6 Å². The van der Waals surface area contributed by atoms with Crippen LogP contribution >= 0.6 is 11.6 Å². The number of hydrogen-bond donors (Lipinski definition) is 3. The maximum atomic E-state index is 5.77. The van der Waals surface area contributed by atoms with E-state index in [2.05, 4.69) is 20.3 Å². The molecule has 0 unspecified atom stereocenters. The van der Waals surface area contributed by atoms with E-state index < -0.39 is 0 Å². The molecule has 0 aliphatic heterocycles. The lowest BCUT2D eigenvalue weighted by atomic mass is 10.3. The molecule has 0 atom stereocenters. The van der Waals surface area contributed by atoms with Crippen LogP contribution in [0.1, 0.15) is 12.2 Å². The summed E-state index contributed by atoms with van der Waals surface area (Å²) in [5, 5.41) is 3.71. The molecule has 2 heterocycles. The third-order valence-corrected chi connectivity index (χ3v) is 2.53. The third-order valence-electron chi connectivity index (χ3n) is 2.32. The van der Waals surface area contributed by atoms with Crippen molar-refractivity contribution >= 4 is 23.1 Å². The summed E-state index contributed by atoms with van der Waals surface area (Å²) in [5.41, 5.74) is 6.34. The summed E-state index contributed by atoms with van der Waals surface area (Å²) in [6, 6.07) is 1.68. The summed E-state index contributed by atoms with van der Waals surface area (Å²) < 4.78 is 0. The highest BCUT2D eigenvalue weighted by molar-refractivity contribution is 6.30. The Balaban J connectivity index is 1.78. The Morgan fingerprint density at radius 3 is 3.00 bits per heavy atom. The fraction of sp³-hybridized carbons (Fsp3) is 0.273. The average molecular weight is 252 g/mol. The quantitative estimate of drug-likeness (QED) is 0.711. The van der Waals surface area contributed by atoms with Crippen molar-refractivity contribution in [3.8, 4) is 0 Å². The van der Waals surface area contributed by atoms with Crippen LogP contribution in [0, 0.1) is 0 Å². The van der Waals surface area contributed by atoms with Gasteiger partial charge >= 0.3 is 0 Å². The van der Waals surface area contributed by atoms with Crippen LogP contribution < -0.4 is 11.1 Å². The first kappa shape index (κ1) is 11.7. The van der Waals surface area contributed by atoms with E-state index in [1.54, 1.807) is 18.5 Å². The van der Waals surface area contributed by atoms with Gasteiger partial charge in [-0.25, -0.2) is 9.97 Å². The summed E-state index contributed by atoms with van der Waals surface area (Å²) in [7, 11) is 0. The number of pyridine rings is 1. The fourth-order valence-corrected chi connectivity index (χ4v) is 1.67. The van der Waals surface area contributed by atoms with Gasteiger partial charge in [0.25, 0.3) is 0 Å². The average Bonchev–Trinajstić information content (AvgIpc) is 2.79. The van der Waals surface area contributed by atoms with Gasteiger partial charge in [-0.15, -0.1) is 0 Å². The highest BCUT2D eigenvalue weighted by atomic mass is 35.5. The highest BCUT2D eigenvalue weighted by Gasteiger charge is 2.01. The molecule has 0 saturated carbocycles. The van der Waals surface area contributed by atoms with Crippen molar-refractivity contribution in [1.29, 1.82) is 0 Å². The Kier molecular flexibility index (Phi) is 3.82. The number of nitrogen functional groups attached to an aromatic ring is 1. The van der Waals surface area contributed by atoms with Gasteiger partial charge in [-0.1, -0.05) is 11.6 Å². The molecule has 0 aliphatic rings. The van der Waals surface area contributed by atoms with Gasteiger partial charge in [0.05, 0.1) is 10.7 Å². The second kappa shape index (κ2) is 5.54. The number of H-pyrrole nitrogens is 1. The SMILES string of the molecule is Nc1cc(Cl)cnc1NCCCc1ncc[nH]1. The maximum absolute atomic E-state index is 5.77. The summed E-state index contributed by atoms with van der Waals surface area (Å²) in [6.07, 6.45) is 7.00. The molecule has 0 aliphatic carbocycles. The molecule has 2 aromatic heterocycles. The van der Waals surface area contributed by atoms with Gasteiger partial charge in [-0.2, -0.15) is 0 Å². The van der Waals surface area contributed by atoms with Crippen molar-refractivity contribution in [2.45, 2.75) is 12.8 Å². The summed E-state index contributed by atoms with van der Waals surface area (Å²) in [6.45, 7) is 0.791. The smallest absolute Gasteiger partial charge is 0.149 e. The maximum Gasteiger partial charge on any atom is 0.149 e. The lowest BCUT2D eigenvalue weighted by molar-refractivity contribution is 0.814. The number of aromatic amines is 1. The number of hydrogen-bond acceptors (Lipinski definition) is 4. The predicted molar refractivity (Wildman–Crippen MR) is 69.1 cm³/mol. The first-order chi connectivity index (χ1) is 8.25. The minimum absolute atomic E-state index is 0.545. The van der Waals surface area contributed by atoms with Crippen LogP contribution in [0.2, 0.25) is 5.02 Å². The largest absolute Gasteiger partial charge is 0.396 e. The number of aromatic nitrogens is 3. The van der Waals surface area contributed by atoms with E-state index in [-0.39, 0.29) is 0 Å². The lowest BCUT2D eigenvalue weighted by Gasteiger charge is -2.07. The second-order valence-electron chi connectivity index (χ2n) is 3.66. The Labute approximate surface area is 104 Å². The van der Waals surface area contributed by atoms with Gasteiger partial charge in [0.2, 0.25) is 0 Å². The number of anilines is 2. The summed E-state index contributed by atoms with van der Waals surface area (Å²) >= 11 is 5.76. The van der Waals surface area contributed by atoms with E-state index >= 15 is 0 Å². The molecule has 4 N–H and O–H groups in total. The van der Waals surface area contributed by atoms with E-state index in [4.69, 9.17) is 17.3 Å². The first-order valence-corrected chi connectivity index (χ1v) is 5.76. The van der Waals surface area contributed by atoms with Gasteiger partial charge in [0.1, 0.15) is 11.6 Å². The fourth-order valence-electron chi connectivity index (χ4n) is 1.50. The second-order valence-corrected chi connectivity index (χ2v) is 4.09. The van der Waals surface area contributed by atoms with Crippen molar-refractivity contribution in [1.82, 2.24) is 15.0 Å². The van der Waals surface area contributed by atoms with Gasteiger partial charge in [0, 0.05) is 31.6 Å². The zero-order chi connectivity index (χ0) is 12.1. The number of rotatable bonds is 5. The Bertz CT molecular complexity index is 469. The molecule has 17 heavy (non-hydrogen) atoms. The number of nitrogens with two attached hydrogens (primary N) is 1. The Morgan fingerprint density at radius 2 is 2.29 bits per heavy atom. The number of halogens is 1. The topological polar surface area (TPSA) is 79.6 Å². The lowest BCUT2D eigenvalue weighted by Crippen LogP contribution is -2.07. The van der Waals surface area contributed by atoms with Crippen LogP contribution in [0.3, 0.4) is 0 Å². The van der Waals surface area contributed by atoms with Gasteiger partial charge in [-0.05, 0) is 12.5 Å². The number of aryl methyl sites for hydroxylation is 1. The number of nitrogens with one attached hydrogen (secondary N) is 2. The molecule has 0 amide bonds. The van der Waals surface area contributed by atoms with Crippen molar-refractivity contribution in [2.24, 2.45) is 0 Å². The van der Waals surface area contributed by atoms with E-state index in [9.17, 15) is 0 Å². The molecule has 0 saturated heterocycles. The highest BCUT2D eigenvalue weighted by Crippen LogP contribution is 2.19. The normalized spacial score (nSPS) is 10.4. The zero-order valence-electron chi connectivity index (χ0n) is 9.28. The molecule has 0 fully saturated rings. The van der Waals surface area contributed by atoms with E-state index in [0.717, 1.165) is 25.2 Å². The monoisotopic (exact) mass is 251 g/mol. The van der Waals surface area contributed by atoms with Crippen LogP contribution in [-0.4, -0.2) is 21.5 Å². The van der Waals surface area contributed by atoms with Crippen LogP contribution in [0.5, 0.6) is 0 Å². The van der Waals surface area contributed by atoms with E-state index in [0.29, 0.717) is 16.5 Å². The molecule has 0 radical (unpaired) electrons. The minimum atomic E-state index is 0.545. The molecule has 2 aromatic rings. The minimum Gasteiger partial charge on any atom is -0.396 e. The van der Waals surface area contributed by atoms with Crippen molar-refractivity contribution in [3.05, 3.63) is 35.5 Å². The first-order valence-electron chi connectivity index (χ1n) is 5.39. The standard InChI is InChI=1S/C11H14ClN5/c12-8-6-9(13)11(17-7-8)16-3-1-2-10-14-4-5-15-10/h4-7H,1-3,13H2,(H,14,15)(H,16,17). The summed E-state index contributed by atoms with van der Waals surface area (Å²) in [5.74, 6) is 1.66. The van der Waals surface area contributed by atoms with E-state index in [1.165, 1.54) is 0 Å². The molecule has 90 valence electrons. The van der Waals surface area contributed by atoms with E-state index in [1.807, 2.05) is 6.20 Å². The van der Waals surface area contributed by atoms with Gasteiger partial charge in [-0.3, -0.25) is 0 Å². The molecule has 2 rings (SSSR count). The molecular formula is C11H14ClN5. The zero-order valence-corrected chi connectivity index (χ0v) is 10.0. The van der Waals surface area contributed by atoms with Crippen LogP contribution in [-0.2, 0) is 6.42 Å². The van der Waals surface area contributed by atoms with Gasteiger partial charge in [0.15, 0.2) is 0 Å². The molecule has 6 heteroatoms.